The number of carbonyl (C=O) groups is 1. The molecular weight excluding hydrogens is 210 g/mol. The fourth-order valence-corrected chi connectivity index (χ4v) is 1.09. The van der Waals surface area contributed by atoms with Crippen LogP contribution in [0.1, 0.15) is 26.0 Å². The topological polar surface area (TPSA) is 87.4 Å². The molecule has 0 radical (unpaired) electrons. The van der Waals surface area contributed by atoms with Crippen molar-refractivity contribution in [1.29, 1.82) is 0 Å². The van der Waals surface area contributed by atoms with Crippen LogP contribution in [-0.2, 0) is 0 Å². The molecule has 0 aliphatic rings. The number of amides is 2. The zero-order valence-corrected chi connectivity index (χ0v) is 9.70. The number of urea groups is 1. The lowest BCUT2D eigenvalue weighted by Crippen LogP contribution is -2.50. The summed E-state index contributed by atoms with van der Waals surface area (Å²) in [6, 6.07) is 1.20. The van der Waals surface area contributed by atoms with Gasteiger partial charge in [0.15, 0.2) is 5.82 Å². The van der Waals surface area contributed by atoms with Gasteiger partial charge in [-0.2, -0.15) is 0 Å². The van der Waals surface area contributed by atoms with E-state index in [4.69, 9.17) is 9.63 Å². The Morgan fingerprint density at radius 1 is 1.69 bits per heavy atom. The predicted molar refractivity (Wildman–Crippen MR) is 59.2 cm³/mol. The van der Waals surface area contributed by atoms with Gasteiger partial charge in [0.1, 0.15) is 5.76 Å². The highest BCUT2D eigenvalue weighted by Crippen LogP contribution is 2.10. The van der Waals surface area contributed by atoms with Gasteiger partial charge in [0.2, 0.25) is 0 Å². The molecule has 0 aliphatic heterocycles. The number of aryl methyl sites for hydroxylation is 1. The molecule has 1 rings (SSSR count). The van der Waals surface area contributed by atoms with E-state index in [1.54, 1.807) is 19.9 Å². The Balaban J connectivity index is 2.53. The normalized spacial score (nSPS) is 14.2. The molecule has 1 aromatic heterocycles. The lowest BCUT2D eigenvalue weighted by Gasteiger charge is -2.26. The third kappa shape index (κ3) is 3.23. The van der Waals surface area contributed by atoms with Gasteiger partial charge in [-0.1, -0.05) is 12.1 Å². The lowest BCUT2D eigenvalue weighted by molar-refractivity contribution is 0.172. The summed E-state index contributed by atoms with van der Waals surface area (Å²) in [4.78, 5) is 11.5. The second-order valence-electron chi connectivity index (χ2n) is 3.97. The summed E-state index contributed by atoms with van der Waals surface area (Å²) in [7, 11) is 0. The molecule has 0 spiro atoms. The molecule has 3 N–H and O–H groups in total. The molecule has 1 aromatic rings. The Bertz CT molecular complexity index is 358. The molecule has 0 aliphatic carbocycles. The number of nitrogens with one attached hydrogen (secondary N) is 2. The minimum Gasteiger partial charge on any atom is -0.394 e. The molecule has 1 unspecified atom stereocenters. The average molecular weight is 227 g/mol. The molecule has 16 heavy (non-hydrogen) atoms. The monoisotopic (exact) mass is 227 g/mol. The van der Waals surface area contributed by atoms with E-state index in [9.17, 15) is 4.79 Å². The van der Waals surface area contributed by atoms with Crippen LogP contribution in [-0.4, -0.2) is 28.4 Å². The maximum Gasteiger partial charge on any atom is 0.320 e. The lowest BCUT2D eigenvalue weighted by atomic mass is 10.0. The van der Waals surface area contributed by atoms with Crippen molar-refractivity contribution in [1.82, 2.24) is 10.5 Å². The van der Waals surface area contributed by atoms with E-state index < -0.39 is 11.6 Å². The number of anilines is 1. The van der Waals surface area contributed by atoms with Gasteiger partial charge >= 0.3 is 6.03 Å². The van der Waals surface area contributed by atoms with Crippen LogP contribution in [0.3, 0.4) is 0 Å². The number of rotatable bonds is 4. The molecule has 6 nitrogen and oxygen atoms in total. The van der Waals surface area contributed by atoms with E-state index in [0.717, 1.165) is 0 Å². The molecule has 6 heteroatoms. The molecule has 0 aromatic carbocycles. The Labute approximate surface area is 94.0 Å². The van der Waals surface area contributed by atoms with E-state index in [1.165, 1.54) is 0 Å². The molecule has 0 saturated heterocycles. The molecule has 90 valence electrons. The zero-order chi connectivity index (χ0) is 12.2. The molecule has 0 saturated carbocycles. The van der Waals surface area contributed by atoms with Crippen LogP contribution in [0.15, 0.2) is 10.6 Å². The largest absolute Gasteiger partial charge is 0.394 e. The highest BCUT2D eigenvalue weighted by atomic mass is 16.5. The van der Waals surface area contributed by atoms with E-state index >= 15 is 0 Å². The van der Waals surface area contributed by atoms with Crippen molar-refractivity contribution in [2.45, 2.75) is 32.7 Å². The number of aliphatic hydroxyl groups excluding tert-OH is 1. The van der Waals surface area contributed by atoms with E-state index in [-0.39, 0.29) is 6.61 Å². The van der Waals surface area contributed by atoms with Crippen LogP contribution in [0.5, 0.6) is 0 Å². The highest BCUT2D eigenvalue weighted by molar-refractivity contribution is 5.88. The van der Waals surface area contributed by atoms with Crippen molar-refractivity contribution in [2.24, 2.45) is 0 Å². The first-order valence-corrected chi connectivity index (χ1v) is 5.12. The average Bonchev–Trinajstić information content (AvgIpc) is 2.63. The Kier molecular flexibility index (Phi) is 3.89. The van der Waals surface area contributed by atoms with Crippen molar-refractivity contribution in [2.75, 3.05) is 11.9 Å². The number of carbonyl (C=O) groups excluding carboxylic acids is 1. The third-order valence-electron chi connectivity index (χ3n) is 2.41. The smallest absolute Gasteiger partial charge is 0.320 e. The summed E-state index contributed by atoms with van der Waals surface area (Å²) in [5.41, 5.74) is -0.622. The fraction of sp³-hybridized carbons (Fsp3) is 0.600. The van der Waals surface area contributed by atoms with Crippen LogP contribution in [0.4, 0.5) is 10.6 Å². The van der Waals surface area contributed by atoms with Crippen LogP contribution in [0.25, 0.3) is 0 Å². The first-order valence-electron chi connectivity index (χ1n) is 5.12. The van der Waals surface area contributed by atoms with Crippen LogP contribution >= 0.6 is 0 Å². The van der Waals surface area contributed by atoms with E-state index in [2.05, 4.69) is 15.8 Å². The van der Waals surface area contributed by atoms with Crippen molar-refractivity contribution in [3.8, 4) is 0 Å². The van der Waals surface area contributed by atoms with E-state index in [0.29, 0.717) is 18.0 Å². The minimum absolute atomic E-state index is 0.116. The highest BCUT2D eigenvalue weighted by Gasteiger charge is 2.23. The van der Waals surface area contributed by atoms with E-state index in [1.807, 2.05) is 6.92 Å². The number of aliphatic hydroxyl groups is 1. The molecular formula is C10H17N3O3. The minimum atomic E-state index is -0.622. The number of nitrogens with zero attached hydrogens (tertiary/aromatic N) is 1. The van der Waals surface area contributed by atoms with Crippen molar-refractivity contribution in [3.63, 3.8) is 0 Å². The van der Waals surface area contributed by atoms with Crippen LogP contribution in [0, 0.1) is 6.92 Å². The molecule has 0 fully saturated rings. The quantitative estimate of drug-likeness (QED) is 0.722. The fourth-order valence-electron chi connectivity index (χ4n) is 1.09. The van der Waals surface area contributed by atoms with Gasteiger partial charge in [0.05, 0.1) is 12.1 Å². The van der Waals surface area contributed by atoms with Crippen molar-refractivity contribution >= 4 is 11.8 Å². The van der Waals surface area contributed by atoms with Gasteiger partial charge in [-0.05, 0) is 20.3 Å². The summed E-state index contributed by atoms with van der Waals surface area (Å²) in [5, 5.41) is 17.9. The first-order chi connectivity index (χ1) is 7.49. The third-order valence-corrected chi connectivity index (χ3v) is 2.41. The molecule has 2 amide bonds. The first kappa shape index (κ1) is 12.5. The Morgan fingerprint density at radius 2 is 2.38 bits per heavy atom. The van der Waals surface area contributed by atoms with Gasteiger partial charge in [0.25, 0.3) is 0 Å². The second kappa shape index (κ2) is 4.98. The number of hydrogen-bond donors (Lipinski definition) is 3. The second-order valence-corrected chi connectivity index (χ2v) is 3.97. The summed E-state index contributed by atoms with van der Waals surface area (Å²) in [6.45, 7) is 5.27. The SMILES string of the molecule is CCC(C)(CO)NC(=O)Nc1cc(C)on1. The Hall–Kier alpha value is -1.56. The molecule has 1 atom stereocenters. The molecule has 1 heterocycles. The van der Waals surface area contributed by atoms with Crippen LogP contribution < -0.4 is 10.6 Å². The zero-order valence-electron chi connectivity index (χ0n) is 9.70. The van der Waals surface area contributed by atoms with Gasteiger partial charge in [-0.3, -0.25) is 5.32 Å². The Morgan fingerprint density at radius 3 is 2.81 bits per heavy atom. The van der Waals surface area contributed by atoms with Gasteiger partial charge in [-0.25, -0.2) is 4.79 Å². The summed E-state index contributed by atoms with van der Waals surface area (Å²) in [5.74, 6) is 0.974. The van der Waals surface area contributed by atoms with Gasteiger partial charge < -0.3 is 14.9 Å². The summed E-state index contributed by atoms with van der Waals surface area (Å²) >= 11 is 0. The van der Waals surface area contributed by atoms with Crippen molar-refractivity contribution in [3.05, 3.63) is 11.8 Å². The standard InChI is InChI=1S/C10H17N3O3/c1-4-10(3,6-14)12-9(15)11-8-5-7(2)16-13-8/h5,14H,4,6H2,1-3H3,(H2,11,12,13,15). The summed E-state index contributed by atoms with van der Waals surface area (Å²) in [6.07, 6.45) is 0.634. The molecule has 0 bridgehead atoms. The van der Waals surface area contributed by atoms with Crippen LogP contribution in [0.2, 0.25) is 0 Å². The van der Waals surface area contributed by atoms with Crippen molar-refractivity contribution < 1.29 is 14.4 Å². The predicted octanol–water partition coefficient (Wildman–Crippen LogP) is 1.27. The number of hydrogen-bond acceptors (Lipinski definition) is 4. The maximum atomic E-state index is 11.5. The number of aromatic nitrogens is 1. The summed E-state index contributed by atoms with van der Waals surface area (Å²) < 4.78 is 4.81. The van der Waals surface area contributed by atoms with Gasteiger partial charge in [0, 0.05) is 6.07 Å². The maximum absolute atomic E-state index is 11.5. The van der Waals surface area contributed by atoms with Gasteiger partial charge in [-0.15, -0.1) is 0 Å².